The molecule has 0 spiro atoms. The van der Waals surface area contributed by atoms with Gasteiger partial charge in [0.1, 0.15) is 11.4 Å². The number of carbonyl (C=O) groups is 1. The largest absolute Gasteiger partial charge is 0.487 e. The molecule has 1 heterocycles. The Morgan fingerprint density at radius 2 is 1.76 bits per heavy atom. The third-order valence-electron chi connectivity index (χ3n) is 3.72. The number of fused-ring (bicyclic) bond motifs is 1. The maximum absolute atomic E-state index is 12.4. The topological polar surface area (TPSA) is 38.3 Å². The Labute approximate surface area is 124 Å². The van der Waals surface area contributed by atoms with Crippen LogP contribution in [0.3, 0.4) is 0 Å². The second-order valence-corrected chi connectivity index (χ2v) is 6.00. The van der Waals surface area contributed by atoms with Crippen LogP contribution in [0.5, 0.6) is 5.75 Å². The SMILES string of the molecule is CC1(C)C[C@@H](NC(=O)c2ccccc2)c2ccccc2O1. The van der Waals surface area contributed by atoms with Crippen LogP contribution in [-0.2, 0) is 0 Å². The van der Waals surface area contributed by atoms with Crippen LogP contribution in [0, 0.1) is 0 Å². The Morgan fingerprint density at radius 3 is 2.52 bits per heavy atom. The summed E-state index contributed by atoms with van der Waals surface area (Å²) in [5.74, 6) is 0.806. The smallest absolute Gasteiger partial charge is 0.251 e. The molecule has 108 valence electrons. The second kappa shape index (κ2) is 5.24. The molecule has 21 heavy (non-hydrogen) atoms. The van der Waals surface area contributed by atoms with E-state index in [4.69, 9.17) is 4.74 Å². The number of nitrogens with one attached hydrogen (secondary N) is 1. The molecule has 1 atom stereocenters. The molecule has 0 aromatic heterocycles. The predicted octanol–water partition coefficient (Wildman–Crippen LogP) is 3.72. The first kappa shape index (κ1) is 13.7. The van der Waals surface area contributed by atoms with Gasteiger partial charge in [0, 0.05) is 17.5 Å². The summed E-state index contributed by atoms with van der Waals surface area (Å²) in [7, 11) is 0. The molecule has 3 heteroatoms. The van der Waals surface area contributed by atoms with Gasteiger partial charge in [0.15, 0.2) is 0 Å². The van der Waals surface area contributed by atoms with E-state index in [0.29, 0.717) is 5.56 Å². The monoisotopic (exact) mass is 281 g/mol. The van der Waals surface area contributed by atoms with Gasteiger partial charge in [-0.2, -0.15) is 0 Å². The zero-order valence-corrected chi connectivity index (χ0v) is 12.3. The molecule has 1 aliphatic rings. The molecule has 0 saturated carbocycles. The standard InChI is InChI=1S/C18H19NO2/c1-18(2)12-15(14-10-6-7-11-16(14)21-18)19-17(20)13-8-4-3-5-9-13/h3-11,15H,12H2,1-2H3,(H,19,20)/t15-/m1/s1. The van der Waals surface area contributed by atoms with Crippen molar-refractivity contribution in [3.63, 3.8) is 0 Å². The van der Waals surface area contributed by atoms with Crippen molar-refractivity contribution in [2.45, 2.75) is 31.9 Å². The van der Waals surface area contributed by atoms with Crippen molar-refractivity contribution in [2.75, 3.05) is 0 Å². The molecule has 3 rings (SSSR count). The quantitative estimate of drug-likeness (QED) is 0.911. The van der Waals surface area contributed by atoms with E-state index < -0.39 is 0 Å². The van der Waals surface area contributed by atoms with Crippen molar-refractivity contribution in [3.8, 4) is 5.75 Å². The average molecular weight is 281 g/mol. The number of ether oxygens (including phenoxy) is 1. The third kappa shape index (κ3) is 2.92. The van der Waals surface area contributed by atoms with Crippen LogP contribution in [0.15, 0.2) is 54.6 Å². The van der Waals surface area contributed by atoms with E-state index in [9.17, 15) is 4.79 Å². The molecule has 0 radical (unpaired) electrons. The molecular weight excluding hydrogens is 262 g/mol. The van der Waals surface area contributed by atoms with Crippen LogP contribution >= 0.6 is 0 Å². The van der Waals surface area contributed by atoms with Gasteiger partial charge >= 0.3 is 0 Å². The number of carbonyl (C=O) groups excluding carboxylic acids is 1. The molecular formula is C18H19NO2. The van der Waals surface area contributed by atoms with Gasteiger partial charge in [-0.15, -0.1) is 0 Å². The summed E-state index contributed by atoms with van der Waals surface area (Å²) in [6.07, 6.45) is 0.753. The number of para-hydroxylation sites is 1. The fraction of sp³-hybridized carbons (Fsp3) is 0.278. The minimum absolute atomic E-state index is 0.0299. The molecule has 0 bridgehead atoms. The van der Waals surface area contributed by atoms with Crippen molar-refractivity contribution in [3.05, 3.63) is 65.7 Å². The molecule has 1 aliphatic heterocycles. The highest BCUT2D eigenvalue weighted by Crippen LogP contribution is 2.39. The molecule has 2 aromatic rings. The molecule has 3 nitrogen and oxygen atoms in total. The van der Waals surface area contributed by atoms with E-state index in [0.717, 1.165) is 17.7 Å². The van der Waals surface area contributed by atoms with Crippen LogP contribution in [-0.4, -0.2) is 11.5 Å². The highest BCUT2D eigenvalue weighted by Gasteiger charge is 2.34. The number of rotatable bonds is 2. The number of hydrogen-bond acceptors (Lipinski definition) is 2. The number of benzene rings is 2. The molecule has 2 aromatic carbocycles. The van der Waals surface area contributed by atoms with Crippen LogP contribution < -0.4 is 10.1 Å². The lowest BCUT2D eigenvalue weighted by Crippen LogP contribution is -2.41. The van der Waals surface area contributed by atoms with E-state index in [-0.39, 0.29) is 17.6 Å². The molecule has 0 fully saturated rings. The van der Waals surface area contributed by atoms with Crippen molar-refractivity contribution in [2.24, 2.45) is 0 Å². The minimum Gasteiger partial charge on any atom is -0.487 e. The predicted molar refractivity (Wildman–Crippen MR) is 82.4 cm³/mol. The Hall–Kier alpha value is -2.29. The van der Waals surface area contributed by atoms with Gasteiger partial charge in [-0.05, 0) is 32.0 Å². The van der Waals surface area contributed by atoms with Gasteiger partial charge in [-0.25, -0.2) is 0 Å². The van der Waals surface area contributed by atoms with Crippen LogP contribution in [0.2, 0.25) is 0 Å². The molecule has 1 amide bonds. The summed E-state index contributed by atoms with van der Waals surface area (Å²) in [5, 5.41) is 3.13. The molecule has 0 unspecified atom stereocenters. The van der Waals surface area contributed by atoms with Crippen molar-refractivity contribution in [1.29, 1.82) is 0 Å². The first-order chi connectivity index (χ1) is 10.1. The van der Waals surface area contributed by atoms with Gasteiger partial charge in [0.25, 0.3) is 5.91 Å². The fourth-order valence-electron chi connectivity index (χ4n) is 2.76. The maximum Gasteiger partial charge on any atom is 0.251 e. The van der Waals surface area contributed by atoms with Gasteiger partial charge in [0.2, 0.25) is 0 Å². The van der Waals surface area contributed by atoms with Crippen LogP contribution in [0.4, 0.5) is 0 Å². The summed E-state index contributed by atoms with van der Waals surface area (Å²) in [4.78, 5) is 12.4. The van der Waals surface area contributed by atoms with Crippen LogP contribution in [0.1, 0.15) is 42.2 Å². The Morgan fingerprint density at radius 1 is 1.10 bits per heavy atom. The van der Waals surface area contributed by atoms with E-state index in [1.54, 1.807) is 0 Å². The van der Waals surface area contributed by atoms with Gasteiger partial charge in [-0.3, -0.25) is 4.79 Å². The Kier molecular flexibility index (Phi) is 3.42. The van der Waals surface area contributed by atoms with E-state index in [2.05, 4.69) is 5.32 Å². The second-order valence-electron chi connectivity index (χ2n) is 6.00. The highest BCUT2D eigenvalue weighted by atomic mass is 16.5. The summed E-state index contributed by atoms with van der Waals surface area (Å²) >= 11 is 0. The van der Waals surface area contributed by atoms with Gasteiger partial charge in [0.05, 0.1) is 6.04 Å². The summed E-state index contributed by atoms with van der Waals surface area (Å²) in [6.45, 7) is 4.09. The first-order valence-corrected chi connectivity index (χ1v) is 7.19. The normalized spacial score (nSPS) is 19.2. The zero-order chi connectivity index (χ0) is 14.9. The maximum atomic E-state index is 12.4. The zero-order valence-electron chi connectivity index (χ0n) is 12.3. The van der Waals surface area contributed by atoms with Gasteiger partial charge < -0.3 is 10.1 Å². The van der Waals surface area contributed by atoms with Crippen LogP contribution in [0.25, 0.3) is 0 Å². The first-order valence-electron chi connectivity index (χ1n) is 7.19. The van der Waals surface area contributed by atoms with Crippen molar-refractivity contribution in [1.82, 2.24) is 5.32 Å². The average Bonchev–Trinajstić information content (AvgIpc) is 2.47. The summed E-state index contributed by atoms with van der Waals surface area (Å²) in [5.41, 5.74) is 1.43. The van der Waals surface area contributed by atoms with Gasteiger partial charge in [-0.1, -0.05) is 36.4 Å². The Bertz CT molecular complexity index is 649. The fourth-order valence-corrected chi connectivity index (χ4v) is 2.76. The van der Waals surface area contributed by atoms with Crippen molar-refractivity contribution >= 4 is 5.91 Å². The minimum atomic E-state index is -0.289. The lowest BCUT2D eigenvalue weighted by Gasteiger charge is -2.37. The third-order valence-corrected chi connectivity index (χ3v) is 3.72. The summed E-state index contributed by atoms with van der Waals surface area (Å²) < 4.78 is 5.99. The summed E-state index contributed by atoms with van der Waals surface area (Å²) in [6, 6.07) is 17.2. The highest BCUT2D eigenvalue weighted by molar-refractivity contribution is 5.94. The van der Waals surface area contributed by atoms with E-state index >= 15 is 0 Å². The lowest BCUT2D eigenvalue weighted by molar-refractivity contribution is 0.0620. The molecule has 0 saturated heterocycles. The molecule has 1 N–H and O–H groups in total. The number of amides is 1. The Balaban J connectivity index is 1.87. The molecule has 0 aliphatic carbocycles. The van der Waals surface area contributed by atoms with E-state index in [1.807, 2.05) is 68.4 Å². The number of hydrogen-bond donors (Lipinski definition) is 1. The lowest BCUT2D eigenvalue weighted by atomic mass is 9.89. The van der Waals surface area contributed by atoms with E-state index in [1.165, 1.54) is 0 Å². The van der Waals surface area contributed by atoms with Crippen molar-refractivity contribution < 1.29 is 9.53 Å².